The molecule has 1 aliphatic carbocycles. The van der Waals surface area contributed by atoms with E-state index in [0.29, 0.717) is 0 Å². The van der Waals surface area contributed by atoms with Gasteiger partial charge in [-0.2, -0.15) is 11.1 Å². The normalized spacial score (nSPS) is 13.7. The van der Waals surface area contributed by atoms with Crippen LogP contribution in [0.2, 0.25) is 0 Å². The zero-order chi connectivity index (χ0) is 14.4. The molecule has 1 aliphatic rings. The SMILES string of the molecule is Cl[C-]1[CH-][CH-]C(c2ccccc2)=C1c1ccccc1.[Cl][Ti+3]. The molecule has 2 aromatic rings. The van der Waals surface area contributed by atoms with E-state index in [1.54, 1.807) is 0 Å². The van der Waals surface area contributed by atoms with Gasteiger partial charge in [-0.15, -0.1) is 24.3 Å². The summed E-state index contributed by atoms with van der Waals surface area (Å²) in [5.41, 5.74) is 4.66. The predicted molar refractivity (Wildman–Crippen MR) is 83.2 cm³/mol. The van der Waals surface area contributed by atoms with Crippen molar-refractivity contribution < 1.29 is 19.4 Å². The minimum absolute atomic E-state index is 0.806. The molecule has 0 N–H and O–H groups in total. The van der Waals surface area contributed by atoms with Crippen molar-refractivity contribution in [2.24, 2.45) is 0 Å². The third-order valence-electron chi connectivity index (χ3n) is 3.05. The fraction of sp³-hybridized carbons (Fsp3) is 0. The van der Waals surface area contributed by atoms with Gasteiger partial charge in [-0.3, -0.25) is 0 Å². The van der Waals surface area contributed by atoms with Crippen molar-refractivity contribution in [2.75, 3.05) is 0 Å². The fourth-order valence-corrected chi connectivity index (χ4v) is 2.48. The Morgan fingerprint density at radius 1 is 0.800 bits per heavy atom. The van der Waals surface area contributed by atoms with E-state index in [1.165, 1.54) is 30.5 Å². The number of hydrogen-bond acceptors (Lipinski definition) is 0. The average Bonchev–Trinajstić information content (AvgIpc) is 2.93. The molecule has 0 fully saturated rings. The van der Waals surface area contributed by atoms with E-state index in [0.717, 1.165) is 16.5 Å². The summed E-state index contributed by atoms with van der Waals surface area (Å²) in [7, 11) is 4.64. The maximum absolute atomic E-state index is 6.33. The first-order valence-electron chi connectivity index (χ1n) is 6.11. The monoisotopic (exact) mass is 334 g/mol. The summed E-state index contributed by atoms with van der Waals surface area (Å²) >= 11 is 7.80. The van der Waals surface area contributed by atoms with Gasteiger partial charge in [-0.25, -0.2) is 11.6 Å². The van der Waals surface area contributed by atoms with Crippen LogP contribution in [0.4, 0.5) is 0 Å². The molecule has 20 heavy (non-hydrogen) atoms. The van der Waals surface area contributed by atoms with Gasteiger partial charge in [0, 0.05) is 0 Å². The van der Waals surface area contributed by atoms with Crippen molar-refractivity contribution in [2.45, 2.75) is 0 Å². The van der Waals surface area contributed by atoms with E-state index in [4.69, 9.17) is 11.6 Å². The molecule has 0 amide bonds. The molecule has 2 aromatic carbocycles. The second-order valence-electron chi connectivity index (χ2n) is 4.20. The Morgan fingerprint density at radius 2 is 1.30 bits per heavy atom. The molecular weight excluding hydrogens is 323 g/mol. The van der Waals surface area contributed by atoms with Gasteiger partial charge in [0.05, 0.1) is 0 Å². The van der Waals surface area contributed by atoms with Crippen LogP contribution in [0.5, 0.6) is 0 Å². The van der Waals surface area contributed by atoms with Crippen LogP contribution in [0.3, 0.4) is 0 Å². The number of allylic oxidation sites excluding steroid dienone is 2. The molecule has 0 bridgehead atoms. The summed E-state index contributed by atoms with van der Waals surface area (Å²) in [6.07, 6.45) is 4.05. The van der Waals surface area contributed by atoms with Crippen molar-refractivity contribution in [1.82, 2.24) is 0 Å². The molecule has 3 heteroatoms. The van der Waals surface area contributed by atoms with E-state index in [2.05, 4.69) is 40.0 Å². The van der Waals surface area contributed by atoms with Crippen LogP contribution >= 0.6 is 20.9 Å². The van der Waals surface area contributed by atoms with Crippen molar-refractivity contribution in [3.05, 3.63) is 90.0 Å². The van der Waals surface area contributed by atoms with E-state index in [1.807, 2.05) is 42.8 Å². The third kappa shape index (κ3) is 3.45. The molecule has 0 nitrogen and oxygen atoms in total. The standard InChI is InChI=1S/C17H12Cl.ClH.Ti/c18-16-12-11-15(13-7-3-1-4-8-13)17(16)14-9-5-2-6-10-14;;/h1-12H;1H;/q-3;;+4/p-1. The zero-order valence-corrected chi connectivity index (χ0v) is 13.8. The number of hydrogen-bond donors (Lipinski definition) is 0. The molecular formula is C17H12Cl2Ti. The number of rotatable bonds is 2. The molecule has 0 atom stereocenters. The molecule has 3 rings (SSSR count). The van der Waals surface area contributed by atoms with Crippen LogP contribution in [0, 0.1) is 18.2 Å². The van der Waals surface area contributed by atoms with Crippen LogP contribution in [-0.2, 0) is 19.4 Å². The average molecular weight is 335 g/mol. The van der Waals surface area contributed by atoms with Crippen LogP contribution in [-0.4, -0.2) is 0 Å². The van der Waals surface area contributed by atoms with Crippen LogP contribution < -0.4 is 0 Å². The second kappa shape index (κ2) is 7.85. The first-order chi connectivity index (χ1) is 9.86. The van der Waals surface area contributed by atoms with E-state index in [-0.39, 0.29) is 0 Å². The third-order valence-corrected chi connectivity index (χ3v) is 3.37. The topological polar surface area (TPSA) is 0 Å². The van der Waals surface area contributed by atoms with Crippen molar-refractivity contribution in [3.63, 3.8) is 0 Å². The van der Waals surface area contributed by atoms with Gasteiger partial charge in [0.15, 0.2) is 0 Å². The fourth-order valence-electron chi connectivity index (χ4n) is 2.21. The Bertz CT molecular complexity index is 564. The van der Waals surface area contributed by atoms with E-state index < -0.39 is 0 Å². The van der Waals surface area contributed by atoms with Crippen molar-refractivity contribution in [1.29, 1.82) is 0 Å². The van der Waals surface area contributed by atoms with Crippen molar-refractivity contribution in [3.8, 4) is 0 Å². The summed E-state index contributed by atoms with van der Waals surface area (Å²) in [6, 6.07) is 20.6. The van der Waals surface area contributed by atoms with Gasteiger partial charge in [0.25, 0.3) is 0 Å². The molecule has 0 radical (unpaired) electrons. The summed E-state index contributed by atoms with van der Waals surface area (Å²) < 4.78 is 0. The molecule has 0 saturated carbocycles. The Balaban J connectivity index is 0.000000704. The molecule has 0 aromatic heterocycles. The molecule has 0 aliphatic heterocycles. The molecule has 0 unspecified atom stereocenters. The Hall–Kier alpha value is -0.786. The van der Waals surface area contributed by atoms with E-state index in [9.17, 15) is 0 Å². The van der Waals surface area contributed by atoms with Crippen LogP contribution in [0.1, 0.15) is 11.1 Å². The van der Waals surface area contributed by atoms with Gasteiger partial charge in [0.2, 0.25) is 0 Å². The first-order valence-corrected chi connectivity index (χ1v) is 8.64. The minimum atomic E-state index is 0.806. The van der Waals surface area contributed by atoms with Gasteiger partial charge >= 0.3 is 28.7 Å². The number of benzene rings is 2. The van der Waals surface area contributed by atoms with Gasteiger partial charge < -0.3 is 29.4 Å². The maximum atomic E-state index is 6.33. The summed E-state index contributed by atoms with van der Waals surface area (Å²) in [5.74, 6) is 0. The Labute approximate surface area is 141 Å². The van der Waals surface area contributed by atoms with Crippen molar-refractivity contribution >= 4 is 32.1 Å². The molecule has 0 spiro atoms. The Kier molecular flexibility index (Phi) is 6.13. The quantitative estimate of drug-likeness (QED) is 0.504. The Morgan fingerprint density at radius 3 is 1.85 bits per heavy atom. The van der Waals surface area contributed by atoms with E-state index >= 15 is 0 Å². The van der Waals surface area contributed by atoms with Crippen LogP contribution in [0.15, 0.2) is 60.7 Å². The summed E-state index contributed by atoms with van der Waals surface area (Å²) in [6.45, 7) is 0. The summed E-state index contributed by atoms with van der Waals surface area (Å²) in [4.78, 5) is 0. The van der Waals surface area contributed by atoms with Crippen LogP contribution in [0.25, 0.3) is 11.1 Å². The predicted octanol–water partition coefficient (Wildman–Crippen LogP) is 5.48. The second-order valence-corrected chi connectivity index (χ2v) is 4.61. The summed E-state index contributed by atoms with van der Waals surface area (Å²) in [5, 5.41) is 0.806. The van der Waals surface area contributed by atoms with Gasteiger partial charge in [0.1, 0.15) is 0 Å². The first kappa shape index (κ1) is 15.6. The van der Waals surface area contributed by atoms with Gasteiger partial charge in [-0.1, -0.05) is 36.4 Å². The molecule has 98 valence electrons. The van der Waals surface area contributed by atoms with Gasteiger partial charge in [-0.05, 0) is 0 Å². The number of halogens is 2. The molecule has 0 saturated heterocycles. The zero-order valence-electron chi connectivity index (χ0n) is 10.7. The molecule has 0 heterocycles.